The van der Waals surface area contributed by atoms with Crippen LogP contribution in [0.1, 0.15) is 86.7 Å². The van der Waals surface area contributed by atoms with Crippen molar-refractivity contribution in [3.8, 4) is 6.07 Å². The van der Waals surface area contributed by atoms with Crippen LogP contribution in [0.25, 0.3) is 0 Å². The first-order chi connectivity index (χ1) is 14.8. The zero-order valence-electron chi connectivity index (χ0n) is 18.4. The summed E-state index contributed by atoms with van der Waals surface area (Å²) in [5.41, 5.74) is 2.08. The van der Waals surface area contributed by atoms with Crippen molar-refractivity contribution in [2.24, 2.45) is 11.3 Å². The number of nitrogens with one attached hydrogen (secondary N) is 1. The van der Waals surface area contributed by atoms with E-state index in [-0.39, 0.29) is 17.1 Å². The van der Waals surface area contributed by atoms with Crippen LogP contribution in [0, 0.1) is 22.7 Å². The molecule has 8 heteroatoms. The number of nitriles is 1. The Kier molecular flexibility index (Phi) is 5.38. The molecule has 0 bridgehead atoms. The topological polar surface area (TPSA) is 83.6 Å². The number of anilines is 1. The molecule has 0 spiro atoms. The minimum atomic E-state index is -0.0780. The molecule has 3 aliphatic carbocycles. The summed E-state index contributed by atoms with van der Waals surface area (Å²) in [5.74, 6) is 2.48. The van der Waals surface area contributed by atoms with Gasteiger partial charge in [-0.3, -0.25) is 4.79 Å². The highest BCUT2D eigenvalue weighted by Gasteiger charge is 2.36. The van der Waals surface area contributed by atoms with Crippen LogP contribution in [0.15, 0.2) is 5.16 Å². The van der Waals surface area contributed by atoms with Crippen molar-refractivity contribution in [3.05, 3.63) is 21.8 Å². The second-order valence-corrected chi connectivity index (χ2v) is 12.2. The van der Waals surface area contributed by atoms with Crippen LogP contribution < -0.4 is 5.32 Å². The molecule has 0 aliphatic heterocycles. The molecule has 0 aromatic carbocycles. The maximum absolute atomic E-state index is 12.7. The lowest BCUT2D eigenvalue weighted by Gasteiger charge is -2.33. The largest absolute Gasteiger partial charge is 0.316 e. The van der Waals surface area contributed by atoms with Crippen LogP contribution in [-0.4, -0.2) is 26.4 Å². The van der Waals surface area contributed by atoms with E-state index in [2.05, 4.69) is 46.9 Å². The molecular formula is C23H29N5OS2. The Morgan fingerprint density at radius 2 is 2.03 bits per heavy atom. The van der Waals surface area contributed by atoms with Crippen LogP contribution in [0.3, 0.4) is 0 Å². The van der Waals surface area contributed by atoms with Gasteiger partial charge >= 0.3 is 0 Å². The third kappa shape index (κ3) is 4.27. The van der Waals surface area contributed by atoms with Gasteiger partial charge in [0.25, 0.3) is 0 Å². The summed E-state index contributed by atoms with van der Waals surface area (Å²) in [6, 6.07) is 2.87. The first-order valence-corrected chi connectivity index (χ1v) is 13.1. The molecular weight excluding hydrogens is 426 g/mol. The fraction of sp³-hybridized carbons (Fsp3) is 0.652. The van der Waals surface area contributed by atoms with Gasteiger partial charge in [-0.2, -0.15) is 5.26 Å². The van der Waals surface area contributed by atoms with Crippen molar-refractivity contribution < 1.29 is 4.79 Å². The molecule has 0 unspecified atom stereocenters. The molecule has 2 aromatic heterocycles. The van der Waals surface area contributed by atoms with Gasteiger partial charge in [0.05, 0.1) is 11.3 Å². The Labute approximate surface area is 191 Å². The number of amides is 1. The number of carbonyl (C=O) groups is 1. The third-order valence-electron chi connectivity index (χ3n) is 6.73. The SMILES string of the molecule is CC(C)(C)[C@@H]1CCc2c(sc(NC(=O)CSc3nnc(C4CC4)n3C3CC3)c2C#N)C1. The molecule has 2 saturated carbocycles. The fourth-order valence-electron chi connectivity index (χ4n) is 4.51. The van der Waals surface area contributed by atoms with E-state index in [9.17, 15) is 10.1 Å². The molecule has 31 heavy (non-hydrogen) atoms. The number of nitrogens with zero attached hydrogens (tertiary/aromatic N) is 4. The molecule has 6 nitrogen and oxygen atoms in total. The number of rotatable bonds is 6. The third-order valence-corrected chi connectivity index (χ3v) is 8.85. The van der Waals surface area contributed by atoms with Gasteiger partial charge in [0.1, 0.15) is 16.9 Å². The van der Waals surface area contributed by atoms with Gasteiger partial charge in [-0.25, -0.2) is 0 Å². The van der Waals surface area contributed by atoms with Crippen LogP contribution in [0.2, 0.25) is 0 Å². The van der Waals surface area contributed by atoms with E-state index in [0.717, 1.165) is 40.8 Å². The quantitative estimate of drug-likeness (QED) is 0.597. The fourth-order valence-corrected chi connectivity index (χ4v) is 6.61. The van der Waals surface area contributed by atoms with Gasteiger partial charge in [0, 0.05) is 16.8 Å². The van der Waals surface area contributed by atoms with Gasteiger partial charge in [0.2, 0.25) is 5.91 Å². The normalized spacial score (nSPS) is 20.9. The zero-order chi connectivity index (χ0) is 21.8. The Bertz CT molecular complexity index is 1050. The van der Waals surface area contributed by atoms with Crippen molar-refractivity contribution in [1.29, 1.82) is 5.26 Å². The van der Waals surface area contributed by atoms with Gasteiger partial charge in [-0.1, -0.05) is 32.5 Å². The first-order valence-electron chi connectivity index (χ1n) is 11.3. The number of fused-ring (bicyclic) bond motifs is 1. The molecule has 164 valence electrons. The Morgan fingerprint density at radius 1 is 1.26 bits per heavy atom. The van der Waals surface area contributed by atoms with E-state index in [1.165, 1.54) is 42.3 Å². The molecule has 2 heterocycles. The highest BCUT2D eigenvalue weighted by Crippen LogP contribution is 2.46. The lowest BCUT2D eigenvalue weighted by atomic mass is 9.72. The Hall–Kier alpha value is -1.85. The van der Waals surface area contributed by atoms with Gasteiger partial charge in [-0.05, 0) is 61.8 Å². The van der Waals surface area contributed by atoms with E-state index in [4.69, 9.17) is 0 Å². The first kappa shape index (κ1) is 21.0. The number of hydrogen-bond acceptors (Lipinski definition) is 6. The summed E-state index contributed by atoms with van der Waals surface area (Å²) in [5, 5.41) is 23.2. The molecule has 0 radical (unpaired) electrons. The average molecular weight is 456 g/mol. The van der Waals surface area contributed by atoms with Crippen molar-refractivity contribution in [1.82, 2.24) is 14.8 Å². The maximum Gasteiger partial charge on any atom is 0.235 e. The van der Waals surface area contributed by atoms with E-state index in [0.29, 0.717) is 23.4 Å². The van der Waals surface area contributed by atoms with E-state index in [1.54, 1.807) is 11.3 Å². The number of carbonyl (C=O) groups excluding carboxylic acids is 1. The van der Waals surface area contributed by atoms with Gasteiger partial charge < -0.3 is 9.88 Å². The molecule has 1 amide bonds. The molecule has 2 aromatic rings. The summed E-state index contributed by atoms with van der Waals surface area (Å²) in [6.45, 7) is 6.86. The Morgan fingerprint density at radius 3 is 2.68 bits per heavy atom. The van der Waals surface area contributed by atoms with Gasteiger partial charge in [-0.15, -0.1) is 21.5 Å². The predicted octanol–water partition coefficient (Wildman–Crippen LogP) is 5.31. The van der Waals surface area contributed by atoms with Crippen molar-refractivity contribution >= 4 is 34.0 Å². The van der Waals surface area contributed by atoms with Crippen LogP contribution in [0.4, 0.5) is 5.00 Å². The minimum Gasteiger partial charge on any atom is -0.316 e. The maximum atomic E-state index is 12.7. The zero-order valence-corrected chi connectivity index (χ0v) is 20.0. The average Bonchev–Trinajstić information content (AvgIpc) is 3.66. The lowest BCUT2D eigenvalue weighted by molar-refractivity contribution is -0.113. The number of hydrogen-bond donors (Lipinski definition) is 1. The van der Waals surface area contributed by atoms with Crippen LogP contribution >= 0.6 is 23.1 Å². The second kappa shape index (κ2) is 7.93. The van der Waals surface area contributed by atoms with Gasteiger partial charge in [0.15, 0.2) is 5.16 Å². The molecule has 1 N–H and O–H groups in total. The van der Waals surface area contributed by atoms with Crippen LogP contribution in [-0.2, 0) is 17.6 Å². The molecule has 3 aliphatic rings. The summed E-state index contributed by atoms with van der Waals surface area (Å²) >= 11 is 3.05. The van der Waals surface area contributed by atoms with Crippen molar-refractivity contribution in [3.63, 3.8) is 0 Å². The summed E-state index contributed by atoms with van der Waals surface area (Å²) in [4.78, 5) is 14.0. The summed E-state index contributed by atoms with van der Waals surface area (Å²) < 4.78 is 2.27. The van der Waals surface area contributed by atoms with E-state index >= 15 is 0 Å². The van der Waals surface area contributed by atoms with E-state index in [1.807, 2.05) is 0 Å². The highest BCUT2D eigenvalue weighted by atomic mass is 32.2. The highest BCUT2D eigenvalue weighted by molar-refractivity contribution is 7.99. The standard InChI is InChI=1S/C23H29N5OS2/c1-23(2,3)14-6-9-16-17(11-24)21(31-18(16)10-14)25-19(29)12-30-22-27-26-20(13-4-5-13)28(22)15-7-8-15/h13-15H,4-10,12H2,1-3H3,(H,25,29)/t14-/m1/s1. The predicted molar refractivity (Wildman–Crippen MR) is 124 cm³/mol. The van der Waals surface area contributed by atoms with Crippen molar-refractivity contribution in [2.75, 3.05) is 11.1 Å². The number of thioether (sulfide) groups is 1. The van der Waals surface area contributed by atoms with Crippen molar-refractivity contribution in [2.45, 2.75) is 82.8 Å². The number of aromatic nitrogens is 3. The molecule has 5 rings (SSSR count). The smallest absolute Gasteiger partial charge is 0.235 e. The summed E-state index contributed by atoms with van der Waals surface area (Å²) in [7, 11) is 0. The minimum absolute atomic E-state index is 0.0780. The molecule has 2 fully saturated rings. The number of thiophene rings is 1. The monoisotopic (exact) mass is 455 g/mol. The summed E-state index contributed by atoms with van der Waals surface area (Å²) in [6.07, 6.45) is 7.79. The molecule has 0 saturated heterocycles. The lowest BCUT2D eigenvalue weighted by Crippen LogP contribution is -2.26. The molecule has 1 atom stereocenters. The Balaban J connectivity index is 1.27. The van der Waals surface area contributed by atoms with Crippen LogP contribution in [0.5, 0.6) is 0 Å². The van der Waals surface area contributed by atoms with E-state index < -0.39 is 0 Å². The second-order valence-electron chi connectivity index (χ2n) is 10.2.